The fourth-order valence-electron chi connectivity index (χ4n) is 3.68. The number of hydrogen-bond acceptors (Lipinski definition) is 4. The summed E-state index contributed by atoms with van der Waals surface area (Å²) < 4.78 is 15.2. The molecule has 7 heteroatoms. The van der Waals surface area contributed by atoms with E-state index in [2.05, 4.69) is 10.1 Å². The molecule has 29 heavy (non-hydrogen) atoms. The van der Waals surface area contributed by atoms with Gasteiger partial charge >= 0.3 is 0 Å². The van der Waals surface area contributed by atoms with Crippen LogP contribution in [0.15, 0.2) is 54.7 Å². The van der Waals surface area contributed by atoms with Crippen LogP contribution in [0.5, 0.6) is 0 Å². The summed E-state index contributed by atoms with van der Waals surface area (Å²) in [6, 6.07) is 13.1. The normalized spacial score (nSPS) is 13.4. The Morgan fingerprint density at radius 3 is 2.41 bits per heavy atom. The minimum absolute atomic E-state index is 0.241. The Morgan fingerprint density at radius 2 is 1.69 bits per heavy atom. The van der Waals surface area contributed by atoms with Crippen LogP contribution in [0.3, 0.4) is 0 Å². The first kappa shape index (κ1) is 17.2. The van der Waals surface area contributed by atoms with Gasteiger partial charge in [0, 0.05) is 6.20 Å². The summed E-state index contributed by atoms with van der Waals surface area (Å²) in [5.41, 5.74) is 3.49. The maximum absolute atomic E-state index is 13.7. The minimum atomic E-state index is -0.416. The molecule has 0 saturated heterocycles. The highest BCUT2D eigenvalue weighted by Crippen LogP contribution is 2.34. The number of pyridine rings is 1. The zero-order valence-electron chi connectivity index (χ0n) is 15.7. The average molecular weight is 386 g/mol. The summed E-state index contributed by atoms with van der Waals surface area (Å²) in [4.78, 5) is 31.7. The van der Waals surface area contributed by atoms with Gasteiger partial charge in [-0.05, 0) is 44.2 Å². The molecule has 2 aromatic heterocycles. The van der Waals surface area contributed by atoms with E-state index in [1.165, 1.54) is 23.0 Å². The van der Waals surface area contributed by atoms with Gasteiger partial charge < -0.3 is 0 Å². The number of amides is 2. The first-order valence-corrected chi connectivity index (χ1v) is 9.05. The summed E-state index contributed by atoms with van der Waals surface area (Å²) >= 11 is 0. The highest BCUT2D eigenvalue weighted by molar-refractivity contribution is 6.37. The van der Waals surface area contributed by atoms with Crippen molar-refractivity contribution in [1.82, 2.24) is 14.8 Å². The van der Waals surface area contributed by atoms with E-state index in [9.17, 15) is 14.0 Å². The SMILES string of the molecule is Cc1ccc(N2C(=O)c3cnc4c(c(C)nn4-c4cccc(F)c4)c3C2=O)cc1. The second-order valence-electron chi connectivity index (χ2n) is 7.00. The number of carbonyl (C=O) groups excluding carboxylic acids is 2. The second-order valence-corrected chi connectivity index (χ2v) is 7.00. The van der Waals surface area contributed by atoms with Crippen LogP contribution < -0.4 is 4.90 Å². The van der Waals surface area contributed by atoms with Gasteiger partial charge in [-0.3, -0.25) is 9.59 Å². The third-order valence-corrected chi connectivity index (χ3v) is 5.07. The predicted molar refractivity (Wildman–Crippen MR) is 106 cm³/mol. The van der Waals surface area contributed by atoms with Gasteiger partial charge in [-0.2, -0.15) is 5.10 Å². The summed E-state index contributed by atoms with van der Waals surface area (Å²) in [6.45, 7) is 3.68. The van der Waals surface area contributed by atoms with E-state index in [4.69, 9.17) is 0 Å². The zero-order valence-corrected chi connectivity index (χ0v) is 15.7. The molecule has 2 amide bonds. The van der Waals surface area contributed by atoms with Gasteiger partial charge in [-0.15, -0.1) is 0 Å². The molecule has 4 aromatic rings. The van der Waals surface area contributed by atoms with Crippen LogP contribution in [0.4, 0.5) is 10.1 Å². The minimum Gasteiger partial charge on any atom is -0.268 e. The number of aromatic nitrogens is 3. The predicted octanol–water partition coefficient (Wildman–Crippen LogP) is 3.98. The molecule has 1 aliphatic rings. The molecule has 2 aromatic carbocycles. The van der Waals surface area contributed by atoms with Crippen LogP contribution in [0.25, 0.3) is 16.7 Å². The number of fused-ring (bicyclic) bond motifs is 3. The zero-order chi connectivity index (χ0) is 20.3. The number of aryl methyl sites for hydroxylation is 2. The number of hydrogen-bond donors (Lipinski definition) is 0. The maximum Gasteiger partial charge on any atom is 0.267 e. The summed E-state index contributed by atoms with van der Waals surface area (Å²) in [7, 11) is 0. The van der Waals surface area contributed by atoms with E-state index in [1.807, 2.05) is 19.1 Å². The smallest absolute Gasteiger partial charge is 0.267 e. The molecule has 0 saturated carbocycles. The molecule has 0 N–H and O–H groups in total. The Hall–Kier alpha value is -3.87. The van der Waals surface area contributed by atoms with Gasteiger partial charge in [0.05, 0.1) is 33.6 Å². The second kappa shape index (κ2) is 6.07. The molecule has 0 atom stereocenters. The molecule has 0 radical (unpaired) electrons. The Labute approximate surface area is 165 Å². The molecule has 0 aliphatic carbocycles. The quantitative estimate of drug-likeness (QED) is 0.489. The van der Waals surface area contributed by atoms with Crippen LogP contribution in [0, 0.1) is 19.7 Å². The summed E-state index contributed by atoms with van der Waals surface area (Å²) in [6.07, 6.45) is 1.39. The number of carbonyl (C=O) groups is 2. The molecule has 0 spiro atoms. The van der Waals surface area contributed by atoms with E-state index in [0.29, 0.717) is 28.1 Å². The molecule has 3 heterocycles. The van der Waals surface area contributed by atoms with Crippen molar-refractivity contribution < 1.29 is 14.0 Å². The molecule has 142 valence electrons. The van der Waals surface area contributed by atoms with Gasteiger partial charge in [0.1, 0.15) is 5.82 Å². The van der Waals surface area contributed by atoms with Crippen molar-refractivity contribution in [3.05, 3.63) is 82.9 Å². The van der Waals surface area contributed by atoms with Gasteiger partial charge in [0.15, 0.2) is 5.65 Å². The summed E-state index contributed by atoms with van der Waals surface area (Å²) in [5, 5.41) is 4.95. The number of halogens is 1. The number of rotatable bonds is 2. The van der Waals surface area contributed by atoms with E-state index in [-0.39, 0.29) is 11.1 Å². The highest BCUT2D eigenvalue weighted by atomic mass is 19.1. The van der Waals surface area contributed by atoms with Gasteiger partial charge in [-0.25, -0.2) is 19.0 Å². The van der Waals surface area contributed by atoms with Crippen LogP contribution in [0.2, 0.25) is 0 Å². The molecule has 0 fully saturated rings. The van der Waals surface area contributed by atoms with Gasteiger partial charge in [0.2, 0.25) is 0 Å². The monoisotopic (exact) mass is 386 g/mol. The Kier molecular flexibility index (Phi) is 3.61. The Morgan fingerprint density at radius 1 is 0.931 bits per heavy atom. The van der Waals surface area contributed by atoms with E-state index < -0.39 is 17.6 Å². The first-order valence-electron chi connectivity index (χ1n) is 9.05. The molecule has 0 unspecified atom stereocenters. The number of benzene rings is 2. The Bertz CT molecular complexity index is 1320. The molecule has 5 rings (SSSR count). The number of anilines is 1. The summed E-state index contributed by atoms with van der Waals surface area (Å²) in [5.74, 6) is -1.23. The van der Waals surface area contributed by atoms with Crippen molar-refractivity contribution >= 4 is 28.5 Å². The molecule has 1 aliphatic heterocycles. The van der Waals surface area contributed by atoms with Gasteiger partial charge in [-0.1, -0.05) is 23.8 Å². The molecule has 6 nitrogen and oxygen atoms in total. The third-order valence-electron chi connectivity index (χ3n) is 5.07. The largest absolute Gasteiger partial charge is 0.268 e. The van der Waals surface area contributed by atoms with Gasteiger partial charge in [0.25, 0.3) is 11.8 Å². The van der Waals surface area contributed by atoms with Crippen molar-refractivity contribution in [2.24, 2.45) is 0 Å². The van der Waals surface area contributed by atoms with E-state index in [0.717, 1.165) is 10.5 Å². The lowest BCUT2D eigenvalue weighted by Gasteiger charge is -2.13. The topological polar surface area (TPSA) is 68.1 Å². The lowest BCUT2D eigenvalue weighted by atomic mass is 10.1. The van der Waals surface area contributed by atoms with Crippen molar-refractivity contribution in [3.63, 3.8) is 0 Å². The van der Waals surface area contributed by atoms with Crippen LogP contribution >= 0.6 is 0 Å². The molecule has 0 bridgehead atoms. The molecular weight excluding hydrogens is 371 g/mol. The fraction of sp³-hybridized carbons (Fsp3) is 0.0909. The average Bonchev–Trinajstić information content (AvgIpc) is 3.17. The molecular formula is C22H15FN4O2. The number of nitrogens with zero attached hydrogens (tertiary/aromatic N) is 4. The van der Waals surface area contributed by atoms with Crippen molar-refractivity contribution in [1.29, 1.82) is 0 Å². The highest BCUT2D eigenvalue weighted by Gasteiger charge is 2.40. The van der Waals surface area contributed by atoms with Crippen molar-refractivity contribution in [2.75, 3.05) is 4.90 Å². The standard InChI is InChI=1S/C22H15FN4O2/c1-12-6-8-15(9-7-12)26-21(28)17-11-24-20-18(19(17)22(26)29)13(2)25-27(20)16-5-3-4-14(23)10-16/h3-11H,1-2H3. The van der Waals surface area contributed by atoms with Crippen LogP contribution in [-0.2, 0) is 0 Å². The van der Waals surface area contributed by atoms with Crippen molar-refractivity contribution in [2.45, 2.75) is 13.8 Å². The first-order chi connectivity index (χ1) is 14.0. The van der Waals surface area contributed by atoms with Crippen LogP contribution in [-0.4, -0.2) is 26.6 Å². The third kappa shape index (κ3) is 2.47. The fourth-order valence-corrected chi connectivity index (χ4v) is 3.68. The Balaban J connectivity index is 1.72. The van der Waals surface area contributed by atoms with Crippen LogP contribution in [0.1, 0.15) is 32.0 Å². The van der Waals surface area contributed by atoms with E-state index >= 15 is 0 Å². The van der Waals surface area contributed by atoms with E-state index in [1.54, 1.807) is 31.2 Å². The lowest BCUT2D eigenvalue weighted by Crippen LogP contribution is -2.29. The lowest BCUT2D eigenvalue weighted by molar-refractivity contribution is 0.0926. The van der Waals surface area contributed by atoms with Crippen molar-refractivity contribution in [3.8, 4) is 5.69 Å². The maximum atomic E-state index is 13.7. The number of imide groups is 1.